The van der Waals surface area contributed by atoms with Gasteiger partial charge in [-0.15, -0.1) is 0 Å². The van der Waals surface area contributed by atoms with Crippen LogP contribution in [-0.2, 0) is 10.0 Å². The maximum atomic E-state index is 11.2. The van der Waals surface area contributed by atoms with Gasteiger partial charge in [-0.05, 0) is 38.3 Å². The van der Waals surface area contributed by atoms with Crippen molar-refractivity contribution in [2.75, 3.05) is 19.3 Å². The summed E-state index contributed by atoms with van der Waals surface area (Å²) in [5.41, 5.74) is 0.867. The zero-order chi connectivity index (χ0) is 15.2. The van der Waals surface area contributed by atoms with Gasteiger partial charge in [0.15, 0.2) is 0 Å². The first-order chi connectivity index (χ1) is 9.20. The van der Waals surface area contributed by atoms with Gasteiger partial charge in [-0.3, -0.25) is 0 Å². The highest BCUT2D eigenvalue weighted by molar-refractivity contribution is 7.88. The van der Waals surface area contributed by atoms with Gasteiger partial charge in [0.1, 0.15) is 0 Å². The summed E-state index contributed by atoms with van der Waals surface area (Å²) >= 11 is 0. The summed E-state index contributed by atoms with van der Waals surface area (Å²) in [6.45, 7) is 7.44. The first-order valence-corrected chi connectivity index (χ1v) is 8.83. The molecule has 0 aliphatic carbocycles. The number of hydrogen-bond acceptors (Lipinski definition) is 3. The van der Waals surface area contributed by atoms with Crippen molar-refractivity contribution < 1.29 is 8.42 Å². The molecule has 0 amide bonds. The molecule has 1 aromatic rings. The Morgan fingerprint density at radius 1 is 1.20 bits per heavy atom. The molecule has 0 spiro atoms. The Bertz CT molecular complexity index is 498. The van der Waals surface area contributed by atoms with Crippen molar-refractivity contribution in [2.24, 2.45) is 0 Å². The van der Waals surface area contributed by atoms with Gasteiger partial charge < -0.3 is 5.32 Å². The van der Waals surface area contributed by atoms with Crippen LogP contribution in [0.4, 0.5) is 0 Å². The fourth-order valence-electron chi connectivity index (χ4n) is 2.21. The summed E-state index contributed by atoms with van der Waals surface area (Å²) in [4.78, 5) is 0. The van der Waals surface area contributed by atoms with Gasteiger partial charge in [-0.25, -0.2) is 13.1 Å². The summed E-state index contributed by atoms with van der Waals surface area (Å²) in [6.07, 6.45) is 2.21. The highest BCUT2D eigenvalue weighted by Gasteiger charge is 2.21. The van der Waals surface area contributed by atoms with E-state index in [1.807, 2.05) is 19.9 Å². The van der Waals surface area contributed by atoms with E-state index >= 15 is 0 Å². The van der Waals surface area contributed by atoms with Crippen LogP contribution in [0.5, 0.6) is 0 Å². The Labute approximate surface area is 123 Å². The second kappa shape index (κ2) is 7.20. The van der Waals surface area contributed by atoms with Gasteiger partial charge in [0, 0.05) is 12.1 Å². The van der Waals surface area contributed by atoms with Crippen molar-refractivity contribution in [3.8, 4) is 0 Å². The van der Waals surface area contributed by atoms with Gasteiger partial charge in [-0.1, -0.05) is 37.3 Å². The zero-order valence-electron chi connectivity index (χ0n) is 12.8. The molecular formula is C15H26N2O2S. The van der Waals surface area contributed by atoms with Gasteiger partial charge in [0.2, 0.25) is 10.0 Å². The molecule has 0 fully saturated rings. The molecule has 0 aliphatic rings. The van der Waals surface area contributed by atoms with Gasteiger partial charge >= 0.3 is 0 Å². The Morgan fingerprint density at radius 2 is 1.80 bits per heavy atom. The van der Waals surface area contributed by atoms with E-state index in [-0.39, 0.29) is 0 Å². The Hall–Kier alpha value is -0.910. The van der Waals surface area contributed by atoms with E-state index in [2.05, 4.69) is 41.2 Å². The summed E-state index contributed by atoms with van der Waals surface area (Å²) in [6, 6.07) is 10.4. The van der Waals surface area contributed by atoms with Crippen molar-refractivity contribution in [3.63, 3.8) is 0 Å². The minimum atomic E-state index is -3.17. The smallest absolute Gasteiger partial charge is 0.209 e. The van der Waals surface area contributed by atoms with Crippen LogP contribution in [0.15, 0.2) is 30.3 Å². The maximum absolute atomic E-state index is 11.2. The third-order valence-electron chi connectivity index (χ3n) is 3.15. The average molecular weight is 298 g/mol. The van der Waals surface area contributed by atoms with Crippen molar-refractivity contribution in [3.05, 3.63) is 35.9 Å². The average Bonchev–Trinajstić information content (AvgIpc) is 2.32. The predicted octanol–water partition coefficient (Wildman–Crippen LogP) is 2.10. The number of sulfonamides is 1. The largest absolute Gasteiger partial charge is 0.315 e. The van der Waals surface area contributed by atoms with Crippen LogP contribution in [0.25, 0.3) is 0 Å². The van der Waals surface area contributed by atoms with Crippen LogP contribution >= 0.6 is 0 Å². The molecule has 1 aromatic carbocycles. The van der Waals surface area contributed by atoms with Crippen LogP contribution in [0.1, 0.15) is 38.7 Å². The van der Waals surface area contributed by atoms with E-state index < -0.39 is 15.6 Å². The minimum absolute atomic E-state index is 0.469. The lowest BCUT2D eigenvalue weighted by atomic mass is 9.98. The first kappa shape index (κ1) is 17.1. The molecule has 1 unspecified atom stereocenters. The molecule has 0 bridgehead atoms. The Kier molecular flexibility index (Phi) is 6.17. The minimum Gasteiger partial charge on any atom is -0.315 e. The highest BCUT2D eigenvalue weighted by atomic mass is 32.2. The standard InChI is InChI=1S/C15H26N2O2S/c1-13(14-8-6-5-7-9-14)10-11-16-12-15(2,3)17-20(4,18)19/h5-9,13,16-17H,10-12H2,1-4H3. The van der Waals surface area contributed by atoms with Crippen LogP contribution in [-0.4, -0.2) is 33.3 Å². The third kappa shape index (κ3) is 7.03. The molecular weight excluding hydrogens is 272 g/mol. The topological polar surface area (TPSA) is 58.2 Å². The lowest BCUT2D eigenvalue weighted by Gasteiger charge is -2.25. The molecule has 1 rings (SSSR count). The van der Waals surface area contributed by atoms with E-state index in [0.717, 1.165) is 13.0 Å². The summed E-state index contributed by atoms with van der Waals surface area (Å²) in [7, 11) is -3.17. The molecule has 0 saturated carbocycles. The van der Waals surface area contributed by atoms with E-state index in [0.29, 0.717) is 12.5 Å². The molecule has 2 N–H and O–H groups in total. The van der Waals surface area contributed by atoms with Crippen molar-refractivity contribution in [1.82, 2.24) is 10.0 Å². The molecule has 0 aromatic heterocycles. The molecule has 1 atom stereocenters. The summed E-state index contributed by atoms with van der Waals surface area (Å²) < 4.78 is 25.1. The van der Waals surface area contributed by atoms with E-state index in [1.54, 1.807) is 0 Å². The molecule has 0 saturated heterocycles. The Balaban J connectivity index is 2.31. The van der Waals surface area contributed by atoms with Crippen molar-refractivity contribution in [1.29, 1.82) is 0 Å². The quantitative estimate of drug-likeness (QED) is 0.723. The fraction of sp³-hybridized carbons (Fsp3) is 0.600. The monoisotopic (exact) mass is 298 g/mol. The van der Waals surface area contributed by atoms with Gasteiger partial charge in [0.25, 0.3) is 0 Å². The second-order valence-electron chi connectivity index (χ2n) is 6.04. The fourth-order valence-corrected chi connectivity index (χ4v) is 3.28. The number of hydrogen-bond donors (Lipinski definition) is 2. The van der Waals surface area contributed by atoms with Crippen LogP contribution < -0.4 is 10.0 Å². The van der Waals surface area contributed by atoms with Crippen LogP contribution in [0.2, 0.25) is 0 Å². The van der Waals surface area contributed by atoms with Gasteiger partial charge in [0.05, 0.1) is 6.26 Å². The summed E-state index contributed by atoms with van der Waals surface area (Å²) in [5, 5.41) is 3.32. The molecule has 5 heteroatoms. The lowest BCUT2D eigenvalue weighted by molar-refractivity contribution is 0.416. The van der Waals surface area contributed by atoms with E-state index in [1.165, 1.54) is 11.8 Å². The van der Waals surface area contributed by atoms with Gasteiger partial charge in [-0.2, -0.15) is 0 Å². The molecule has 0 aliphatic heterocycles. The zero-order valence-corrected chi connectivity index (χ0v) is 13.6. The second-order valence-corrected chi connectivity index (χ2v) is 7.78. The van der Waals surface area contributed by atoms with Crippen molar-refractivity contribution in [2.45, 2.75) is 38.6 Å². The number of benzene rings is 1. The first-order valence-electron chi connectivity index (χ1n) is 6.94. The molecule has 4 nitrogen and oxygen atoms in total. The number of nitrogens with one attached hydrogen (secondary N) is 2. The summed E-state index contributed by atoms with van der Waals surface area (Å²) in [5.74, 6) is 0.495. The Morgan fingerprint density at radius 3 is 2.35 bits per heavy atom. The van der Waals surface area contributed by atoms with E-state index in [9.17, 15) is 8.42 Å². The van der Waals surface area contributed by atoms with Crippen molar-refractivity contribution >= 4 is 10.0 Å². The molecule has 0 heterocycles. The predicted molar refractivity (Wildman–Crippen MR) is 84.4 cm³/mol. The highest BCUT2D eigenvalue weighted by Crippen LogP contribution is 2.17. The maximum Gasteiger partial charge on any atom is 0.209 e. The third-order valence-corrected chi connectivity index (χ3v) is 4.07. The van der Waals surface area contributed by atoms with Crippen LogP contribution in [0.3, 0.4) is 0 Å². The lowest BCUT2D eigenvalue weighted by Crippen LogP contribution is -2.50. The number of rotatable bonds is 8. The molecule has 114 valence electrons. The molecule has 0 radical (unpaired) electrons. The SMILES string of the molecule is CC(CCNCC(C)(C)NS(C)(=O)=O)c1ccccc1. The molecule has 20 heavy (non-hydrogen) atoms. The van der Waals surface area contributed by atoms with Crippen LogP contribution in [0, 0.1) is 0 Å². The van der Waals surface area contributed by atoms with E-state index in [4.69, 9.17) is 0 Å². The normalized spacial score (nSPS) is 14.2.